The second kappa shape index (κ2) is 10.5. The van der Waals surface area contributed by atoms with Crippen LogP contribution < -0.4 is 11.1 Å². The maximum Gasteiger partial charge on any atom is 0.236 e. The van der Waals surface area contributed by atoms with E-state index in [0.717, 1.165) is 34.3 Å². The molecule has 2 aromatic rings. The van der Waals surface area contributed by atoms with E-state index in [-0.39, 0.29) is 12.3 Å². The Hall–Kier alpha value is -3.47. The monoisotopic (exact) mass is 422 g/mol. The number of aromatic nitrogens is 1. The Kier molecular flexibility index (Phi) is 7.55. The molecule has 1 fully saturated rings. The molecule has 0 bridgehead atoms. The summed E-state index contributed by atoms with van der Waals surface area (Å²) in [6.07, 6.45) is 9.91. The molecule has 0 saturated heterocycles. The number of H-pyrrole nitrogens is 1. The summed E-state index contributed by atoms with van der Waals surface area (Å²) in [7, 11) is 1.65. The van der Waals surface area contributed by atoms with Crippen molar-refractivity contribution in [3.05, 3.63) is 47.2 Å². The van der Waals surface area contributed by atoms with Gasteiger partial charge in [-0.1, -0.05) is 19.3 Å². The Bertz CT molecular complexity index is 988. The zero-order valence-corrected chi connectivity index (χ0v) is 18.1. The number of nitrogens with one attached hydrogen (secondary N) is 2. The second-order valence-corrected chi connectivity index (χ2v) is 7.90. The highest BCUT2D eigenvalue weighted by atomic mass is 16.3. The number of carbonyl (C=O) groups excluding carboxylic acids is 1. The third-order valence-electron chi connectivity index (χ3n) is 5.58. The van der Waals surface area contributed by atoms with E-state index in [1.807, 2.05) is 37.4 Å². The first-order chi connectivity index (χ1) is 15.0. The predicted molar refractivity (Wildman–Crippen MR) is 120 cm³/mol. The Morgan fingerprint density at radius 3 is 2.77 bits per heavy atom. The van der Waals surface area contributed by atoms with Gasteiger partial charge in [0.05, 0.1) is 24.6 Å². The Labute approximate surface area is 182 Å². The van der Waals surface area contributed by atoms with Crippen molar-refractivity contribution < 1.29 is 9.21 Å². The summed E-state index contributed by atoms with van der Waals surface area (Å²) in [4.78, 5) is 20.1. The van der Waals surface area contributed by atoms with Crippen LogP contribution in [-0.4, -0.2) is 29.2 Å². The molecule has 8 heteroatoms. The number of hydrogen-bond donors (Lipinski definition) is 3. The van der Waals surface area contributed by atoms with Crippen LogP contribution in [0.25, 0.3) is 5.70 Å². The number of allylic oxidation sites excluding steroid dienone is 1. The van der Waals surface area contributed by atoms with Crippen molar-refractivity contribution in [1.29, 1.82) is 5.26 Å². The smallest absolute Gasteiger partial charge is 0.236 e. The zero-order valence-electron chi connectivity index (χ0n) is 18.1. The molecule has 4 rings (SSSR count). The van der Waals surface area contributed by atoms with Gasteiger partial charge in [0.25, 0.3) is 0 Å². The molecule has 2 aromatic heterocycles. The number of nitriles is 1. The summed E-state index contributed by atoms with van der Waals surface area (Å²) in [6, 6.07) is 7.52. The number of fused-ring (bicyclic) bond motifs is 1. The van der Waals surface area contributed by atoms with Crippen LogP contribution in [0.2, 0.25) is 0 Å². The largest absolute Gasteiger partial charge is 0.464 e. The first kappa shape index (κ1) is 22.2. The van der Waals surface area contributed by atoms with Gasteiger partial charge in [0.2, 0.25) is 5.91 Å². The maximum atomic E-state index is 11.2. The highest BCUT2D eigenvalue weighted by Crippen LogP contribution is 2.33. The van der Waals surface area contributed by atoms with E-state index in [4.69, 9.17) is 15.4 Å². The number of aromatic amines is 1. The van der Waals surface area contributed by atoms with Crippen LogP contribution in [0, 0.1) is 24.2 Å². The van der Waals surface area contributed by atoms with Gasteiger partial charge in [-0.25, -0.2) is 4.99 Å². The molecular weight excluding hydrogens is 392 g/mol. The molecule has 1 aliphatic heterocycles. The van der Waals surface area contributed by atoms with Gasteiger partial charge in [-0.2, -0.15) is 5.26 Å². The quantitative estimate of drug-likeness (QED) is 0.688. The predicted octanol–water partition coefficient (Wildman–Crippen LogP) is 3.95. The van der Waals surface area contributed by atoms with Crippen LogP contribution in [0.3, 0.4) is 0 Å². The minimum atomic E-state index is -0.193. The van der Waals surface area contributed by atoms with Gasteiger partial charge in [-0.05, 0) is 38.0 Å². The lowest BCUT2D eigenvalue weighted by Gasteiger charge is -2.25. The minimum absolute atomic E-state index is 0.0871. The van der Waals surface area contributed by atoms with Crippen molar-refractivity contribution in [2.75, 3.05) is 7.05 Å². The number of amides is 1. The number of aryl methyl sites for hydroxylation is 1. The third kappa shape index (κ3) is 5.79. The highest BCUT2D eigenvalue weighted by Gasteiger charge is 2.22. The number of furan rings is 1. The van der Waals surface area contributed by atoms with Gasteiger partial charge in [0.15, 0.2) is 0 Å². The summed E-state index contributed by atoms with van der Waals surface area (Å²) in [5.41, 5.74) is 9.47. The van der Waals surface area contributed by atoms with Crippen molar-refractivity contribution >= 4 is 23.8 Å². The Morgan fingerprint density at radius 2 is 2.10 bits per heavy atom. The zero-order chi connectivity index (χ0) is 22.2. The van der Waals surface area contributed by atoms with E-state index < -0.39 is 0 Å². The van der Waals surface area contributed by atoms with E-state index in [0.29, 0.717) is 12.5 Å². The lowest BCUT2D eigenvalue weighted by molar-refractivity contribution is -0.129. The molecule has 31 heavy (non-hydrogen) atoms. The number of aliphatic imine (C=N–C) groups is 1. The highest BCUT2D eigenvalue weighted by molar-refractivity contribution is 5.87. The number of hydrogen-bond acceptors (Lipinski definition) is 6. The summed E-state index contributed by atoms with van der Waals surface area (Å²) in [5, 5.41) is 11.5. The Morgan fingerprint density at radius 1 is 1.32 bits per heavy atom. The molecule has 1 aliphatic carbocycles. The standard InChI is InChI=1S/C13H18N4.C10H12N2O2/c14-11(9-4-2-1-3-5-9)12-10-6-7-15-13(10)17-8-16-12;1-8-3-4-9(14-8)7-12(2)10(13)5-6-11/h6-9,15H,1-5,14H2,(H,16,17);3-4H,5,7H2,1-2H3/b12-11-;. The lowest BCUT2D eigenvalue weighted by atomic mass is 9.85. The molecule has 2 aliphatic rings. The van der Waals surface area contributed by atoms with Crippen molar-refractivity contribution in [3.63, 3.8) is 0 Å². The van der Waals surface area contributed by atoms with E-state index >= 15 is 0 Å². The van der Waals surface area contributed by atoms with Gasteiger partial charge in [-0.15, -0.1) is 0 Å². The fraction of sp³-hybridized carbons (Fsp3) is 0.435. The first-order valence-corrected chi connectivity index (χ1v) is 10.6. The summed E-state index contributed by atoms with van der Waals surface area (Å²) >= 11 is 0. The summed E-state index contributed by atoms with van der Waals surface area (Å²) in [6.45, 7) is 2.26. The Balaban J connectivity index is 0.000000180. The lowest BCUT2D eigenvalue weighted by Crippen LogP contribution is -2.25. The summed E-state index contributed by atoms with van der Waals surface area (Å²) in [5.74, 6) is 2.79. The molecule has 1 amide bonds. The van der Waals surface area contributed by atoms with E-state index in [1.165, 1.54) is 37.0 Å². The molecule has 0 radical (unpaired) electrons. The van der Waals surface area contributed by atoms with Crippen molar-refractivity contribution in [3.8, 4) is 6.07 Å². The van der Waals surface area contributed by atoms with Crippen LogP contribution in [0.15, 0.2) is 39.5 Å². The van der Waals surface area contributed by atoms with Crippen LogP contribution in [-0.2, 0) is 11.3 Å². The maximum absolute atomic E-state index is 11.2. The van der Waals surface area contributed by atoms with Crippen molar-refractivity contribution in [2.45, 2.75) is 52.0 Å². The number of rotatable bonds is 4. The van der Waals surface area contributed by atoms with E-state index in [1.54, 1.807) is 13.4 Å². The van der Waals surface area contributed by atoms with Crippen molar-refractivity contribution in [2.24, 2.45) is 16.6 Å². The van der Waals surface area contributed by atoms with Crippen LogP contribution >= 0.6 is 0 Å². The molecular formula is C23H30N6O2. The third-order valence-corrected chi connectivity index (χ3v) is 5.58. The normalized spacial score (nSPS) is 16.9. The van der Waals surface area contributed by atoms with Crippen LogP contribution in [0.5, 0.6) is 0 Å². The fourth-order valence-corrected chi connectivity index (χ4v) is 3.86. The van der Waals surface area contributed by atoms with Gasteiger partial charge < -0.3 is 25.4 Å². The minimum Gasteiger partial charge on any atom is -0.464 e. The molecule has 0 atom stereocenters. The van der Waals surface area contributed by atoms with Gasteiger partial charge >= 0.3 is 0 Å². The van der Waals surface area contributed by atoms with E-state index in [9.17, 15) is 4.79 Å². The molecule has 3 heterocycles. The van der Waals surface area contributed by atoms with Crippen LogP contribution in [0.1, 0.15) is 55.6 Å². The topological polar surface area (TPSA) is 123 Å². The van der Waals surface area contributed by atoms with Crippen LogP contribution in [0.4, 0.5) is 5.82 Å². The molecule has 164 valence electrons. The van der Waals surface area contributed by atoms with Gasteiger partial charge in [0, 0.05) is 30.4 Å². The molecule has 0 aromatic carbocycles. The van der Waals surface area contributed by atoms with E-state index in [2.05, 4.69) is 15.3 Å². The number of nitrogens with zero attached hydrogens (tertiary/aromatic N) is 3. The first-order valence-electron chi connectivity index (χ1n) is 10.6. The fourth-order valence-electron chi connectivity index (χ4n) is 3.86. The molecule has 0 spiro atoms. The second-order valence-electron chi connectivity index (χ2n) is 7.90. The number of nitrogens with two attached hydrogens (primary N) is 1. The molecule has 0 unspecified atom stereocenters. The average Bonchev–Trinajstić information content (AvgIpc) is 3.43. The molecule has 8 nitrogen and oxygen atoms in total. The molecule has 1 saturated carbocycles. The molecule has 4 N–H and O–H groups in total. The average molecular weight is 423 g/mol. The van der Waals surface area contributed by atoms with Gasteiger partial charge in [0.1, 0.15) is 23.8 Å². The SMILES string of the molecule is Cc1ccc(CN(C)C(=O)CC#N)o1.N/C(=C1\NC=Nc2[nH]ccc21)C1CCCCC1. The van der Waals surface area contributed by atoms with Crippen molar-refractivity contribution in [1.82, 2.24) is 15.2 Å². The van der Waals surface area contributed by atoms with Gasteiger partial charge in [-0.3, -0.25) is 4.79 Å². The summed E-state index contributed by atoms with van der Waals surface area (Å²) < 4.78 is 5.31. The number of carbonyl (C=O) groups is 1.